The maximum atomic E-state index is 11.8. The lowest BCUT2D eigenvalue weighted by molar-refractivity contribution is -0.116. The number of carbonyl (C=O) groups excluding carboxylic acids is 2. The van der Waals surface area contributed by atoms with Crippen LogP contribution >= 0.6 is 23.5 Å². The van der Waals surface area contributed by atoms with Gasteiger partial charge in [0.05, 0.1) is 12.7 Å². The highest BCUT2D eigenvalue weighted by Gasteiger charge is 2.43. The molecule has 0 saturated carbocycles. The predicted molar refractivity (Wildman–Crippen MR) is 102 cm³/mol. The number of urea groups is 1. The van der Waals surface area contributed by atoms with E-state index < -0.39 is 60.4 Å². The lowest BCUT2D eigenvalue weighted by Gasteiger charge is -2.24. The number of phosphoric ester groups is 1. The van der Waals surface area contributed by atoms with E-state index in [1.165, 1.54) is 7.05 Å². The van der Waals surface area contributed by atoms with Crippen molar-refractivity contribution < 1.29 is 65.8 Å². The molecular formula is C12H25N2O14P3. The number of rotatable bonds is 9. The van der Waals surface area contributed by atoms with Crippen molar-refractivity contribution in [3.8, 4) is 0 Å². The van der Waals surface area contributed by atoms with Gasteiger partial charge in [0.1, 0.15) is 12.3 Å². The molecule has 0 aromatic rings. The Morgan fingerprint density at radius 2 is 1.71 bits per heavy atom. The van der Waals surface area contributed by atoms with Gasteiger partial charge in [0.2, 0.25) is 0 Å². The van der Waals surface area contributed by atoms with E-state index in [1.807, 2.05) is 19.2 Å². The molecule has 0 aromatic carbocycles. The fraction of sp³-hybridized carbons (Fsp3) is 0.667. The Hall–Kier alpha value is -0.990. The molecule has 31 heavy (non-hydrogen) atoms. The zero-order chi connectivity index (χ0) is 24.6. The highest BCUT2D eigenvalue weighted by Crippen LogP contribution is 2.66. The normalized spacial score (nSPS) is 24.7. The topological polar surface area (TPSA) is 239 Å². The Labute approximate surface area is 177 Å². The number of nitrogens with zero attached hydrogens (tertiary/aromatic N) is 1. The summed E-state index contributed by atoms with van der Waals surface area (Å²) in [5.74, 6) is -0.787. The van der Waals surface area contributed by atoms with Crippen LogP contribution in [0.5, 0.6) is 0 Å². The van der Waals surface area contributed by atoms with Crippen LogP contribution in [0, 0.1) is 0 Å². The SMILES string of the molecule is C=CC(=O)NC(=O)N(C)C1CC(O)C(COP(=O)(O)OP(=O)(O)OP(=O)(O)O)O1.CC. The summed E-state index contributed by atoms with van der Waals surface area (Å²) in [7, 11) is -15.4. The number of aliphatic hydroxyl groups excluding tert-OH is 1. The van der Waals surface area contributed by atoms with Gasteiger partial charge in [0.25, 0.3) is 5.91 Å². The first-order valence-electron chi connectivity index (χ1n) is 8.37. The monoisotopic (exact) mass is 514 g/mol. The maximum Gasteiger partial charge on any atom is 0.490 e. The Morgan fingerprint density at radius 1 is 1.16 bits per heavy atom. The molecule has 0 bridgehead atoms. The molecule has 16 nitrogen and oxygen atoms in total. The van der Waals surface area contributed by atoms with Crippen molar-refractivity contribution in [1.29, 1.82) is 0 Å². The van der Waals surface area contributed by atoms with Crippen LogP contribution < -0.4 is 5.32 Å². The smallest absolute Gasteiger partial charge is 0.390 e. The second-order valence-corrected chi connectivity index (χ2v) is 9.85. The van der Waals surface area contributed by atoms with Gasteiger partial charge in [-0.05, 0) is 6.08 Å². The van der Waals surface area contributed by atoms with Crippen molar-refractivity contribution in [3.63, 3.8) is 0 Å². The van der Waals surface area contributed by atoms with Crippen molar-refractivity contribution in [2.45, 2.75) is 38.7 Å². The molecule has 0 spiro atoms. The van der Waals surface area contributed by atoms with Crippen LogP contribution in [0.2, 0.25) is 0 Å². The molecule has 0 radical (unpaired) electrons. The van der Waals surface area contributed by atoms with Gasteiger partial charge in [0, 0.05) is 13.5 Å². The molecule has 1 fully saturated rings. The molecule has 5 atom stereocenters. The summed E-state index contributed by atoms with van der Waals surface area (Å²) >= 11 is 0. The Kier molecular flexibility index (Phi) is 11.9. The van der Waals surface area contributed by atoms with Crippen LogP contribution in [-0.4, -0.2) is 73.6 Å². The summed E-state index contributed by atoms with van der Waals surface area (Å²) in [6.07, 6.45) is -3.04. The van der Waals surface area contributed by atoms with E-state index in [1.54, 1.807) is 0 Å². The number of phosphoric acid groups is 3. The summed E-state index contributed by atoms with van der Waals surface area (Å²) in [6, 6.07) is -0.888. The van der Waals surface area contributed by atoms with E-state index in [0.29, 0.717) is 0 Å². The fourth-order valence-corrected chi connectivity index (χ4v) is 4.98. The first-order chi connectivity index (χ1) is 14.1. The van der Waals surface area contributed by atoms with Crippen molar-refractivity contribution in [2.24, 2.45) is 0 Å². The molecule has 1 saturated heterocycles. The number of amides is 3. The zero-order valence-corrected chi connectivity index (χ0v) is 19.3. The van der Waals surface area contributed by atoms with Gasteiger partial charge in [0.15, 0.2) is 0 Å². The van der Waals surface area contributed by atoms with E-state index in [4.69, 9.17) is 19.4 Å². The average molecular weight is 514 g/mol. The highest BCUT2D eigenvalue weighted by atomic mass is 31.3. The third kappa shape index (κ3) is 11.4. The van der Waals surface area contributed by atoms with Crippen LogP contribution in [0.25, 0.3) is 0 Å². The van der Waals surface area contributed by atoms with E-state index >= 15 is 0 Å². The summed E-state index contributed by atoms with van der Waals surface area (Å²) in [6.45, 7) is 6.28. The van der Waals surface area contributed by atoms with Crippen molar-refractivity contribution >= 4 is 35.4 Å². The summed E-state index contributed by atoms with van der Waals surface area (Å²) in [5, 5.41) is 11.8. The van der Waals surface area contributed by atoms with Gasteiger partial charge < -0.3 is 34.3 Å². The quantitative estimate of drug-likeness (QED) is 0.178. The number of ether oxygens (including phenoxy) is 1. The number of imide groups is 1. The number of carbonyl (C=O) groups is 2. The summed E-state index contributed by atoms with van der Waals surface area (Å²) in [4.78, 5) is 59.1. The lowest BCUT2D eigenvalue weighted by Crippen LogP contribution is -2.45. The fourth-order valence-electron chi connectivity index (χ4n) is 1.95. The third-order valence-electron chi connectivity index (χ3n) is 3.19. The Balaban J connectivity index is 0.00000436. The van der Waals surface area contributed by atoms with Gasteiger partial charge in [-0.2, -0.15) is 8.62 Å². The van der Waals surface area contributed by atoms with Gasteiger partial charge in [-0.3, -0.25) is 14.6 Å². The molecule has 1 aliphatic heterocycles. The molecule has 6 N–H and O–H groups in total. The molecule has 19 heteroatoms. The predicted octanol–water partition coefficient (Wildman–Crippen LogP) is 0.186. The van der Waals surface area contributed by atoms with Crippen LogP contribution in [0.4, 0.5) is 4.79 Å². The molecule has 0 aromatic heterocycles. The first kappa shape index (κ1) is 30.0. The Morgan fingerprint density at radius 3 is 2.19 bits per heavy atom. The molecule has 1 aliphatic rings. The third-order valence-corrected chi connectivity index (χ3v) is 6.99. The number of hydrogen-bond donors (Lipinski definition) is 6. The van der Waals surface area contributed by atoms with Crippen LogP contribution in [0.1, 0.15) is 20.3 Å². The minimum absolute atomic E-state index is 0.184. The average Bonchev–Trinajstić information content (AvgIpc) is 2.98. The minimum Gasteiger partial charge on any atom is -0.390 e. The molecule has 5 unspecified atom stereocenters. The van der Waals surface area contributed by atoms with Crippen LogP contribution in [0.3, 0.4) is 0 Å². The van der Waals surface area contributed by atoms with E-state index in [9.17, 15) is 33.3 Å². The minimum atomic E-state index is -5.68. The summed E-state index contributed by atoms with van der Waals surface area (Å²) in [5.41, 5.74) is 0. The molecular weight excluding hydrogens is 489 g/mol. The second kappa shape index (κ2) is 12.3. The Bertz CT molecular complexity index is 785. The van der Waals surface area contributed by atoms with E-state index in [0.717, 1.165) is 11.0 Å². The van der Waals surface area contributed by atoms with Gasteiger partial charge in [-0.25, -0.2) is 18.5 Å². The van der Waals surface area contributed by atoms with E-state index in [-0.39, 0.29) is 6.42 Å². The van der Waals surface area contributed by atoms with Gasteiger partial charge in [-0.15, -0.1) is 0 Å². The van der Waals surface area contributed by atoms with Gasteiger partial charge >= 0.3 is 29.5 Å². The molecule has 182 valence electrons. The highest BCUT2D eigenvalue weighted by molar-refractivity contribution is 7.66. The zero-order valence-electron chi connectivity index (χ0n) is 16.6. The number of aliphatic hydroxyl groups is 1. The van der Waals surface area contributed by atoms with Crippen molar-refractivity contribution in [3.05, 3.63) is 12.7 Å². The van der Waals surface area contributed by atoms with Crippen LogP contribution in [-0.2, 0) is 36.4 Å². The van der Waals surface area contributed by atoms with Crippen molar-refractivity contribution in [2.75, 3.05) is 13.7 Å². The molecule has 1 heterocycles. The standard InChI is InChI=1S/C10H19N2O14P3.C2H6/c1-3-8(14)11-10(15)12(2)9-4-6(13)7(24-9)5-23-28(19,20)26-29(21,22)25-27(16,17)18;1-2/h3,6-7,9,13H,1,4-5H2,2H3,(H,19,20)(H,21,22)(H,11,14,15)(H2,16,17,18);1-2H3. The number of hydrogen-bond acceptors (Lipinski definition) is 10. The molecule has 1 rings (SSSR count). The first-order valence-corrected chi connectivity index (χ1v) is 12.9. The maximum absolute atomic E-state index is 11.8. The van der Waals surface area contributed by atoms with E-state index in [2.05, 4.69) is 19.7 Å². The largest absolute Gasteiger partial charge is 0.490 e. The van der Waals surface area contributed by atoms with Crippen LogP contribution in [0.15, 0.2) is 12.7 Å². The van der Waals surface area contributed by atoms with Crippen molar-refractivity contribution in [1.82, 2.24) is 10.2 Å². The second-order valence-electron chi connectivity index (χ2n) is 5.43. The molecule has 0 aliphatic carbocycles. The van der Waals surface area contributed by atoms with Gasteiger partial charge in [-0.1, -0.05) is 20.4 Å². The summed E-state index contributed by atoms with van der Waals surface area (Å²) < 4.78 is 50.1. The lowest BCUT2D eigenvalue weighted by atomic mass is 10.2. The number of nitrogens with one attached hydrogen (secondary N) is 1. The molecule has 3 amide bonds.